The number of hydrogen-bond donors (Lipinski definition) is 2. The minimum Gasteiger partial charge on any atom is -0.508 e. The van der Waals surface area contributed by atoms with Crippen LogP contribution in [0.15, 0.2) is 84.9 Å². The summed E-state index contributed by atoms with van der Waals surface area (Å²) in [6.45, 7) is 6.23. The largest absolute Gasteiger partial charge is 0.508 e. The number of fused-ring (bicyclic) bond motifs is 1. The van der Waals surface area contributed by atoms with Gasteiger partial charge in [0.2, 0.25) is 0 Å². The zero-order valence-electron chi connectivity index (χ0n) is 21.5. The Morgan fingerprint density at radius 2 is 1.32 bits per heavy atom. The van der Waals surface area contributed by atoms with Gasteiger partial charge in [0.25, 0.3) is 0 Å². The Labute approximate surface area is 219 Å². The van der Waals surface area contributed by atoms with Crippen molar-refractivity contribution in [2.45, 2.75) is 32.6 Å². The standard InChI is InChI=1S/C33H35NO3/c1-2-32(24-11-16-31(17-12-24)37-21-20-34-18-4-3-5-19-34)33(25-8-13-29(35)14-9-25)28-7-6-27-23-30(36)15-10-26(27)22-28/h6-17,22-23,35-36H,2-5,18-21H2,1H3/b33-32+. The quantitative estimate of drug-likeness (QED) is 0.250. The number of phenols is 2. The molecule has 1 aliphatic heterocycles. The summed E-state index contributed by atoms with van der Waals surface area (Å²) < 4.78 is 6.07. The second kappa shape index (κ2) is 11.5. The van der Waals surface area contributed by atoms with Crippen LogP contribution in [0.25, 0.3) is 21.9 Å². The van der Waals surface area contributed by atoms with Crippen molar-refractivity contribution in [1.29, 1.82) is 0 Å². The lowest BCUT2D eigenvalue weighted by Crippen LogP contribution is -2.33. The van der Waals surface area contributed by atoms with Crippen molar-refractivity contribution in [3.63, 3.8) is 0 Å². The van der Waals surface area contributed by atoms with Gasteiger partial charge in [-0.3, -0.25) is 4.90 Å². The second-order valence-corrected chi connectivity index (χ2v) is 9.78. The molecule has 1 saturated heterocycles. The van der Waals surface area contributed by atoms with Crippen LogP contribution in [0.4, 0.5) is 0 Å². The highest BCUT2D eigenvalue weighted by Crippen LogP contribution is 2.37. The first-order valence-corrected chi connectivity index (χ1v) is 13.3. The van der Waals surface area contributed by atoms with Crippen LogP contribution in [-0.4, -0.2) is 41.4 Å². The predicted octanol–water partition coefficient (Wildman–Crippen LogP) is 7.48. The zero-order chi connectivity index (χ0) is 25.6. The van der Waals surface area contributed by atoms with Crippen LogP contribution in [0, 0.1) is 0 Å². The van der Waals surface area contributed by atoms with E-state index >= 15 is 0 Å². The van der Waals surface area contributed by atoms with Gasteiger partial charge in [-0.05, 0) is 113 Å². The number of hydrogen-bond acceptors (Lipinski definition) is 4. The molecule has 4 aromatic carbocycles. The van der Waals surface area contributed by atoms with Gasteiger partial charge in [-0.25, -0.2) is 0 Å². The summed E-state index contributed by atoms with van der Waals surface area (Å²) in [6.07, 6.45) is 4.79. The van der Waals surface area contributed by atoms with E-state index in [1.807, 2.05) is 18.2 Å². The van der Waals surface area contributed by atoms with Crippen molar-refractivity contribution in [3.05, 3.63) is 102 Å². The van der Waals surface area contributed by atoms with Crippen molar-refractivity contribution < 1.29 is 14.9 Å². The highest BCUT2D eigenvalue weighted by Gasteiger charge is 2.15. The minimum atomic E-state index is 0.251. The fourth-order valence-corrected chi connectivity index (χ4v) is 5.29. The van der Waals surface area contributed by atoms with Crippen molar-refractivity contribution in [2.24, 2.45) is 0 Å². The number of rotatable bonds is 8. The molecule has 1 heterocycles. The third-order valence-corrected chi connectivity index (χ3v) is 7.25. The maximum Gasteiger partial charge on any atom is 0.119 e. The molecule has 1 fully saturated rings. The molecular weight excluding hydrogens is 458 g/mol. The molecule has 5 rings (SSSR count). The maximum atomic E-state index is 9.92. The van der Waals surface area contributed by atoms with Gasteiger partial charge in [0.05, 0.1) is 0 Å². The van der Waals surface area contributed by atoms with Crippen LogP contribution in [0.1, 0.15) is 49.3 Å². The molecule has 0 amide bonds. The minimum absolute atomic E-state index is 0.251. The van der Waals surface area contributed by atoms with Gasteiger partial charge in [0.1, 0.15) is 23.9 Å². The van der Waals surface area contributed by atoms with Crippen LogP contribution in [0.5, 0.6) is 17.2 Å². The van der Waals surface area contributed by atoms with Gasteiger partial charge in [0, 0.05) is 6.54 Å². The summed E-state index contributed by atoms with van der Waals surface area (Å²) in [5, 5.41) is 21.9. The number of nitrogens with zero attached hydrogens (tertiary/aromatic N) is 1. The first-order valence-electron chi connectivity index (χ1n) is 13.3. The third-order valence-electron chi connectivity index (χ3n) is 7.25. The zero-order valence-corrected chi connectivity index (χ0v) is 21.5. The van der Waals surface area contributed by atoms with E-state index < -0.39 is 0 Å². The number of piperidine rings is 1. The molecule has 4 nitrogen and oxygen atoms in total. The number of ether oxygens (including phenoxy) is 1. The van der Waals surface area contributed by atoms with E-state index in [-0.39, 0.29) is 11.5 Å². The predicted molar refractivity (Wildman–Crippen MR) is 152 cm³/mol. The van der Waals surface area contributed by atoms with E-state index in [4.69, 9.17) is 4.74 Å². The molecular formula is C33H35NO3. The van der Waals surface area contributed by atoms with Crippen molar-refractivity contribution in [2.75, 3.05) is 26.2 Å². The highest BCUT2D eigenvalue weighted by molar-refractivity contribution is 6.01. The average molecular weight is 494 g/mol. The summed E-state index contributed by atoms with van der Waals surface area (Å²) in [6, 6.07) is 27.6. The van der Waals surface area contributed by atoms with Crippen LogP contribution in [0.3, 0.4) is 0 Å². The molecule has 0 aliphatic carbocycles. The van der Waals surface area contributed by atoms with Gasteiger partial charge < -0.3 is 14.9 Å². The smallest absolute Gasteiger partial charge is 0.119 e. The summed E-state index contributed by atoms with van der Waals surface area (Å²) >= 11 is 0. The number of likely N-dealkylation sites (tertiary alicyclic amines) is 1. The molecule has 190 valence electrons. The van der Waals surface area contributed by atoms with Gasteiger partial charge in [-0.1, -0.05) is 55.8 Å². The van der Waals surface area contributed by atoms with Gasteiger partial charge in [0.15, 0.2) is 0 Å². The van der Waals surface area contributed by atoms with Crippen LogP contribution in [-0.2, 0) is 0 Å². The first-order chi connectivity index (χ1) is 18.1. The maximum absolute atomic E-state index is 9.92. The van der Waals surface area contributed by atoms with Crippen molar-refractivity contribution in [1.82, 2.24) is 4.90 Å². The van der Waals surface area contributed by atoms with Crippen LogP contribution < -0.4 is 4.74 Å². The summed E-state index contributed by atoms with van der Waals surface area (Å²) in [7, 11) is 0. The Hall–Kier alpha value is -3.76. The second-order valence-electron chi connectivity index (χ2n) is 9.78. The van der Waals surface area contributed by atoms with Gasteiger partial charge >= 0.3 is 0 Å². The number of benzene rings is 4. The summed E-state index contributed by atoms with van der Waals surface area (Å²) in [4.78, 5) is 2.49. The molecule has 0 atom stereocenters. The Bertz CT molecular complexity index is 1370. The Kier molecular flexibility index (Phi) is 7.76. The molecule has 4 heteroatoms. The SMILES string of the molecule is CC/C(=C(/c1ccc(O)cc1)c1ccc2cc(O)ccc2c1)c1ccc(OCCN2CCCCC2)cc1. The Morgan fingerprint density at radius 3 is 2.05 bits per heavy atom. The molecule has 0 spiro atoms. The van der Waals surface area contributed by atoms with Gasteiger partial charge in [-0.2, -0.15) is 0 Å². The van der Waals surface area contributed by atoms with E-state index in [9.17, 15) is 10.2 Å². The number of allylic oxidation sites excluding steroid dienone is 1. The topological polar surface area (TPSA) is 52.9 Å². The Morgan fingerprint density at radius 1 is 0.703 bits per heavy atom. The summed E-state index contributed by atoms with van der Waals surface area (Å²) in [5.74, 6) is 1.41. The molecule has 0 radical (unpaired) electrons. The van der Waals surface area contributed by atoms with Crippen LogP contribution >= 0.6 is 0 Å². The molecule has 0 bridgehead atoms. The highest BCUT2D eigenvalue weighted by atomic mass is 16.5. The van der Waals surface area contributed by atoms with Crippen molar-refractivity contribution in [3.8, 4) is 17.2 Å². The molecule has 4 aromatic rings. The van der Waals surface area contributed by atoms with E-state index in [0.29, 0.717) is 6.61 Å². The number of aromatic hydroxyl groups is 2. The van der Waals surface area contributed by atoms with E-state index in [0.717, 1.165) is 51.8 Å². The monoisotopic (exact) mass is 493 g/mol. The van der Waals surface area contributed by atoms with Crippen LogP contribution in [0.2, 0.25) is 0 Å². The molecule has 0 unspecified atom stereocenters. The molecule has 37 heavy (non-hydrogen) atoms. The average Bonchev–Trinajstić information content (AvgIpc) is 2.93. The molecule has 0 saturated carbocycles. The molecule has 2 N–H and O–H groups in total. The number of phenolic OH excluding ortho intramolecular Hbond substituents is 2. The van der Waals surface area contributed by atoms with Crippen molar-refractivity contribution >= 4 is 21.9 Å². The fraction of sp³-hybridized carbons (Fsp3) is 0.273. The molecule has 1 aliphatic rings. The lowest BCUT2D eigenvalue weighted by Gasteiger charge is -2.26. The fourth-order valence-electron chi connectivity index (χ4n) is 5.29. The van der Waals surface area contributed by atoms with E-state index in [1.54, 1.807) is 24.3 Å². The normalized spacial score (nSPS) is 14.9. The summed E-state index contributed by atoms with van der Waals surface area (Å²) in [5.41, 5.74) is 5.66. The Balaban J connectivity index is 1.47. The lowest BCUT2D eigenvalue weighted by atomic mass is 9.87. The van der Waals surface area contributed by atoms with Gasteiger partial charge in [-0.15, -0.1) is 0 Å². The third kappa shape index (κ3) is 5.98. The first kappa shape index (κ1) is 24.9. The lowest BCUT2D eigenvalue weighted by molar-refractivity contribution is 0.183. The molecule has 0 aromatic heterocycles. The van der Waals surface area contributed by atoms with E-state index in [1.165, 1.54) is 37.9 Å². The van der Waals surface area contributed by atoms with E-state index in [2.05, 4.69) is 54.3 Å².